The Bertz CT molecular complexity index is 768. The van der Waals surface area contributed by atoms with E-state index in [-0.39, 0.29) is 17.0 Å². The molecule has 2 rings (SSSR count). The number of nitrogens with zero attached hydrogens (tertiary/aromatic N) is 1. The zero-order valence-corrected chi connectivity index (χ0v) is 13.3. The van der Waals surface area contributed by atoms with E-state index in [0.29, 0.717) is 12.0 Å². The zero-order chi connectivity index (χ0) is 18.4. The van der Waals surface area contributed by atoms with Crippen molar-refractivity contribution in [3.8, 4) is 5.75 Å². The highest BCUT2D eigenvalue weighted by molar-refractivity contribution is 5.98. The summed E-state index contributed by atoms with van der Waals surface area (Å²) in [5.74, 6) is -0.710. The Balaban J connectivity index is 2.29. The number of nitrogens with one attached hydrogen (secondary N) is 1. The minimum Gasteiger partial charge on any atom is -0.434 e. The number of nitro groups is 1. The summed E-state index contributed by atoms with van der Waals surface area (Å²) >= 11 is 0. The first kappa shape index (κ1) is 18.3. The molecule has 0 aliphatic heterocycles. The van der Waals surface area contributed by atoms with Gasteiger partial charge in [-0.05, 0) is 18.6 Å². The monoisotopic (exact) mass is 350 g/mol. The van der Waals surface area contributed by atoms with Crippen LogP contribution in [0.25, 0.3) is 0 Å². The molecule has 2 aromatic rings. The summed E-state index contributed by atoms with van der Waals surface area (Å²) in [6, 6.07) is 11.0. The van der Waals surface area contributed by atoms with Crippen LogP contribution in [-0.4, -0.2) is 17.4 Å². The average molecular weight is 350 g/mol. The van der Waals surface area contributed by atoms with Gasteiger partial charge < -0.3 is 10.1 Å². The fourth-order valence-corrected chi connectivity index (χ4v) is 2.43. The Kier molecular flexibility index (Phi) is 5.99. The first-order chi connectivity index (χ1) is 11.9. The van der Waals surface area contributed by atoms with Crippen LogP contribution in [0.5, 0.6) is 5.75 Å². The standard InChI is InChI=1S/C17H16F2N2O4/c1-2-13(11-7-4-6-10-15(11)25-17(18)19)20-16(22)12-8-3-5-9-14(12)21(23)24/h3-10,13,17H,2H2,1H3,(H,20,22)/t13-/m0/s1. The molecule has 0 fully saturated rings. The maximum atomic E-state index is 12.6. The molecule has 1 amide bonds. The lowest BCUT2D eigenvalue weighted by molar-refractivity contribution is -0.385. The molecule has 0 aliphatic rings. The molecule has 0 radical (unpaired) electrons. The van der Waals surface area contributed by atoms with Gasteiger partial charge in [-0.1, -0.05) is 37.3 Å². The number of benzene rings is 2. The lowest BCUT2D eigenvalue weighted by Gasteiger charge is -2.20. The van der Waals surface area contributed by atoms with Gasteiger partial charge in [-0.25, -0.2) is 0 Å². The Labute approximate surface area is 142 Å². The van der Waals surface area contributed by atoms with Crippen LogP contribution in [0.4, 0.5) is 14.5 Å². The Morgan fingerprint density at radius 3 is 2.48 bits per heavy atom. The van der Waals surface area contributed by atoms with Crippen LogP contribution in [0.2, 0.25) is 0 Å². The molecule has 2 aromatic carbocycles. The van der Waals surface area contributed by atoms with Crippen molar-refractivity contribution in [2.45, 2.75) is 26.0 Å². The number of amides is 1. The largest absolute Gasteiger partial charge is 0.434 e. The summed E-state index contributed by atoms with van der Waals surface area (Å²) in [4.78, 5) is 22.8. The quantitative estimate of drug-likeness (QED) is 0.603. The highest BCUT2D eigenvalue weighted by Crippen LogP contribution is 2.29. The number of carbonyl (C=O) groups is 1. The van der Waals surface area contributed by atoms with Crippen LogP contribution < -0.4 is 10.1 Å². The molecule has 0 saturated heterocycles. The molecule has 0 spiro atoms. The first-order valence-corrected chi connectivity index (χ1v) is 7.52. The van der Waals surface area contributed by atoms with E-state index in [1.807, 2.05) is 0 Å². The number of hydrogen-bond donors (Lipinski definition) is 1. The molecule has 0 saturated carbocycles. The van der Waals surface area contributed by atoms with Crippen LogP contribution in [0.15, 0.2) is 48.5 Å². The molecule has 1 atom stereocenters. The van der Waals surface area contributed by atoms with Gasteiger partial charge in [0, 0.05) is 11.6 Å². The van der Waals surface area contributed by atoms with Crippen molar-refractivity contribution in [2.24, 2.45) is 0 Å². The van der Waals surface area contributed by atoms with Gasteiger partial charge in [0.05, 0.1) is 11.0 Å². The maximum absolute atomic E-state index is 12.6. The molecule has 8 heteroatoms. The second kappa shape index (κ2) is 8.18. The highest BCUT2D eigenvalue weighted by atomic mass is 19.3. The lowest BCUT2D eigenvalue weighted by atomic mass is 10.0. The number of alkyl halides is 2. The number of rotatable bonds is 7. The van der Waals surface area contributed by atoms with Crippen LogP contribution in [0.3, 0.4) is 0 Å². The second-order valence-corrected chi connectivity index (χ2v) is 5.12. The van der Waals surface area contributed by atoms with Gasteiger partial charge in [0.15, 0.2) is 0 Å². The molecule has 0 aliphatic carbocycles. The zero-order valence-electron chi connectivity index (χ0n) is 13.3. The van der Waals surface area contributed by atoms with Crippen molar-refractivity contribution < 1.29 is 23.2 Å². The third kappa shape index (κ3) is 4.50. The number of nitro benzene ring substituents is 1. The number of carbonyl (C=O) groups excluding carboxylic acids is 1. The molecular weight excluding hydrogens is 334 g/mol. The summed E-state index contributed by atoms with van der Waals surface area (Å²) in [6.45, 7) is -1.24. The molecule has 132 valence electrons. The molecule has 6 nitrogen and oxygen atoms in total. The highest BCUT2D eigenvalue weighted by Gasteiger charge is 2.23. The molecule has 0 aromatic heterocycles. The van der Waals surface area contributed by atoms with Gasteiger partial charge in [0.2, 0.25) is 0 Å². The van der Waals surface area contributed by atoms with Crippen molar-refractivity contribution in [3.05, 3.63) is 69.8 Å². The molecule has 0 bridgehead atoms. The summed E-state index contributed by atoms with van der Waals surface area (Å²) in [6.07, 6.45) is 0.385. The van der Waals surface area contributed by atoms with Crippen LogP contribution in [0.1, 0.15) is 35.3 Å². The van der Waals surface area contributed by atoms with Gasteiger partial charge >= 0.3 is 6.61 Å². The van der Waals surface area contributed by atoms with Gasteiger partial charge in [-0.3, -0.25) is 14.9 Å². The average Bonchev–Trinajstić information content (AvgIpc) is 2.59. The fraction of sp³-hybridized carbons (Fsp3) is 0.235. The van der Waals surface area contributed by atoms with E-state index in [1.54, 1.807) is 19.1 Å². The van der Waals surface area contributed by atoms with Crippen molar-refractivity contribution in [2.75, 3.05) is 0 Å². The predicted molar refractivity (Wildman–Crippen MR) is 86.7 cm³/mol. The van der Waals surface area contributed by atoms with Crippen LogP contribution >= 0.6 is 0 Å². The Morgan fingerprint density at radius 1 is 1.20 bits per heavy atom. The summed E-state index contributed by atoms with van der Waals surface area (Å²) < 4.78 is 29.6. The van der Waals surface area contributed by atoms with Gasteiger partial charge in [-0.15, -0.1) is 0 Å². The van der Waals surface area contributed by atoms with Crippen molar-refractivity contribution >= 4 is 11.6 Å². The molecule has 1 N–H and O–H groups in total. The van der Waals surface area contributed by atoms with Crippen LogP contribution in [0, 0.1) is 10.1 Å². The summed E-state index contributed by atoms with van der Waals surface area (Å²) in [5.41, 5.74) is -0.0533. The maximum Gasteiger partial charge on any atom is 0.387 e. The molecule has 0 heterocycles. The molecule has 25 heavy (non-hydrogen) atoms. The van der Waals surface area contributed by atoms with E-state index in [2.05, 4.69) is 10.1 Å². The Hall–Kier alpha value is -3.03. The Morgan fingerprint density at radius 2 is 1.84 bits per heavy atom. The number of halogens is 2. The smallest absolute Gasteiger partial charge is 0.387 e. The van der Waals surface area contributed by atoms with Gasteiger partial charge in [0.1, 0.15) is 11.3 Å². The van der Waals surface area contributed by atoms with Crippen molar-refractivity contribution in [1.82, 2.24) is 5.32 Å². The minimum atomic E-state index is -3.00. The van der Waals surface area contributed by atoms with E-state index in [4.69, 9.17) is 0 Å². The number of hydrogen-bond acceptors (Lipinski definition) is 4. The van der Waals surface area contributed by atoms with Crippen molar-refractivity contribution in [3.63, 3.8) is 0 Å². The SMILES string of the molecule is CC[C@H](NC(=O)c1ccccc1[N+](=O)[O-])c1ccccc1OC(F)F. The fourth-order valence-electron chi connectivity index (χ4n) is 2.43. The van der Waals surface area contributed by atoms with E-state index in [1.165, 1.54) is 36.4 Å². The normalized spacial score (nSPS) is 11.8. The van der Waals surface area contributed by atoms with E-state index in [0.717, 1.165) is 0 Å². The van der Waals surface area contributed by atoms with Crippen molar-refractivity contribution in [1.29, 1.82) is 0 Å². The van der Waals surface area contributed by atoms with Gasteiger partial charge in [0.25, 0.3) is 11.6 Å². The molecule has 0 unspecified atom stereocenters. The molecular formula is C17H16F2N2O4. The topological polar surface area (TPSA) is 81.5 Å². The number of ether oxygens (including phenoxy) is 1. The lowest BCUT2D eigenvalue weighted by Crippen LogP contribution is -2.29. The second-order valence-electron chi connectivity index (χ2n) is 5.12. The number of para-hydroxylation sites is 2. The van der Waals surface area contributed by atoms with Gasteiger partial charge in [-0.2, -0.15) is 8.78 Å². The predicted octanol–water partition coefficient (Wildman–Crippen LogP) is 4.08. The summed E-state index contributed by atoms with van der Waals surface area (Å²) in [7, 11) is 0. The van der Waals surface area contributed by atoms with E-state index >= 15 is 0 Å². The summed E-state index contributed by atoms with van der Waals surface area (Å²) in [5, 5.41) is 13.7. The minimum absolute atomic E-state index is 0.0489. The van der Waals surface area contributed by atoms with E-state index < -0.39 is 23.5 Å². The van der Waals surface area contributed by atoms with E-state index in [9.17, 15) is 23.7 Å². The first-order valence-electron chi connectivity index (χ1n) is 7.52. The third-order valence-electron chi connectivity index (χ3n) is 3.57. The van der Waals surface area contributed by atoms with Crippen LogP contribution in [-0.2, 0) is 0 Å². The third-order valence-corrected chi connectivity index (χ3v) is 3.57.